The van der Waals surface area contributed by atoms with Crippen LogP contribution in [0.15, 0.2) is 61.1 Å². The maximum Gasteiger partial charge on any atom is 0.419 e. The molecule has 0 spiro atoms. The molecule has 5 rings (SSSR count). The summed E-state index contributed by atoms with van der Waals surface area (Å²) >= 11 is 0. The molecule has 3 heterocycles. The lowest BCUT2D eigenvalue weighted by atomic mass is 9.92. The summed E-state index contributed by atoms with van der Waals surface area (Å²) in [5, 5.41) is 13.6. The zero-order chi connectivity index (χ0) is 26.0. The molecule has 1 fully saturated rings. The summed E-state index contributed by atoms with van der Waals surface area (Å²) in [6.07, 6.45) is 1.98. The minimum Gasteiger partial charge on any atom is -0.366 e. The van der Waals surface area contributed by atoms with Crippen molar-refractivity contribution in [2.75, 3.05) is 16.0 Å². The third-order valence-corrected chi connectivity index (χ3v) is 6.25. The molecule has 1 aromatic carbocycles. The van der Waals surface area contributed by atoms with Crippen LogP contribution in [0, 0.1) is 0 Å². The number of nitrogens with two attached hydrogens (primary N) is 1. The van der Waals surface area contributed by atoms with Gasteiger partial charge in [-0.1, -0.05) is 18.2 Å². The molecule has 37 heavy (non-hydrogen) atoms. The van der Waals surface area contributed by atoms with Crippen LogP contribution in [0.25, 0.3) is 5.65 Å². The molecule has 0 saturated heterocycles. The Morgan fingerprint density at radius 2 is 1.78 bits per heavy atom. The highest BCUT2D eigenvalue weighted by Gasteiger charge is 2.34. The van der Waals surface area contributed by atoms with Crippen LogP contribution in [0.4, 0.5) is 36.1 Å². The Balaban J connectivity index is 1.50. The number of alkyl halides is 3. The predicted molar refractivity (Wildman–Crippen MR) is 134 cm³/mol. The van der Waals surface area contributed by atoms with Gasteiger partial charge in [0.1, 0.15) is 5.82 Å². The smallest absolute Gasteiger partial charge is 0.366 e. The van der Waals surface area contributed by atoms with E-state index in [4.69, 9.17) is 5.73 Å². The van der Waals surface area contributed by atoms with Crippen molar-refractivity contribution >= 4 is 34.4 Å². The van der Waals surface area contributed by atoms with Crippen molar-refractivity contribution in [3.05, 3.63) is 72.3 Å². The number of hydrogen-bond donors (Lipinski definition) is 4. The zero-order valence-electron chi connectivity index (χ0n) is 19.7. The van der Waals surface area contributed by atoms with Crippen LogP contribution >= 0.6 is 0 Å². The summed E-state index contributed by atoms with van der Waals surface area (Å²) in [7, 11) is 0. The number of pyridine rings is 1. The molecule has 192 valence electrons. The van der Waals surface area contributed by atoms with Gasteiger partial charge in [-0.25, -0.2) is 9.50 Å². The SMILES string of the molecule is NC1CCC(Nc2cc(Nc3ccccc3)c3ncc(C(=O)Nc4ccncc4C(F)(F)F)n3n2)CC1. The molecule has 0 aliphatic heterocycles. The number of para-hydroxylation sites is 1. The van der Waals surface area contributed by atoms with Gasteiger partial charge in [-0.05, 0) is 43.9 Å². The normalized spacial score (nSPS) is 17.9. The molecule has 5 N–H and O–H groups in total. The molecule has 0 atom stereocenters. The number of anilines is 4. The van der Waals surface area contributed by atoms with Crippen LogP contribution in [0.5, 0.6) is 0 Å². The second-order valence-corrected chi connectivity index (χ2v) is 8.94. The fourth-order valence-electron chi connectivity index (χ4n) is 4.35. The van der Waals surface area contributed by atoms with Crippen LogP contribution in [-0.2, 0) is 6.18 Å². The summed E-state index contributed by atoms with van der Waals surface area (Å²) in [6, 6.07) is 12.6. The molecule has 4 aromatic rings. The van der Waals surface area contributed by atoms with Crippen LogP contribution in [0.1, 0.15) is 41.7 Å². The van der Waals surface area contributed by atoms with Gasteiger partial charge in [0.2, 0.25) is 0 Å². The molecular formula is C25H25F3N8O. The lowest BCUT2D eigenvalue weighted by Crippen LogP contribution is -2.33. The molecule has 12 heteroatoms. The Morgan fingerprint density at radius 1 is 1.03 bits per heavy atom. The summed E-state index contributed by atoms with van der Waals surface area (Å²) in [5.74, 6) is -0.290. The number of nitrogens with zero attached hydrogens (tertiary/aromatic N) is 4. The number of hydrogen-bond acceptors (Lipinski definition) is 7. The van der Waals surface area contributed by atoms with E-state index in [0.717, 1.165) is 37.4 Å². The summed E-state index contributed by atoms with van der Waals surface area (Å²) < 4.78 is 41.6. The summed E-state index contributed by atoms with van der Waals surface area (Å²) in [4.78, 5) is 21.0. The Labute approximate surface area is 210 Å². The van der Waals surface area contributed by atoms with Crippen LogP contribution in [-0.4, -0.2) is 37.6 Å². The highest BCUT2D eigenvalue weighted by Crippen LogP contribution is 2.34. The van der Waals surface area contributed by atoms with E-state index in [1.165, 1.54) is 16.9 Å². The highest BCUT2D eigenvalue weighted by atomic mass is 19.4. The van der Waals surface area contributed by atoms with Gasteiger partial charge in [0.05, 0.1) is 23.1 Å². The quantitative estimate of drug-likeness (QED) is 0.293. The van der Waals surface area contributed by atoms with Crippen LogP contribution in [0.2, 0.25) is 0 Å². The van der Waals surface area contributed by atoms with Gasteiger partial charge < -0.3 is 21.7 Å². The second kappa shape index (κ2) is 10.1. The van der Waals surface area contributed by atoms with Gasteiger partial charge in [-0.2, -0.15) is 13.2 Å². The van der Waals surface area contributed by atoms with Crippen LogP contribution in [0.3, 0.4) is 0 Å². The van der Waals surface area contributed by atoms with Crippen molar-refractivity contribution in [2.24, 2.45) is 5.73 Å². The fourth-order valence-corrected chi connectivity index (χ4v) is 4.35. The molecule has 1 aliphatic rings. The van der Waals surface area contributed by atoms with Crippen molar-refractivity contribution in [3.63, 3.8) is 0 Å². The van der Waals surface area contributed by atoms with Crippen molar-refractivity contribution in [3.8, 4) is 0 Å². The lowest BCUT2D eigenvalue weighted by Gasteiger charge is -2.27. The van der Waals surface area contributed by atoms with E-state index >= 15 is 0 Å². The van der Waals surface area contributed by atoms with Crippen molar-refractivity contribution < 1.29 is 18.0 Å². The van der Waals surface area contributed by atoms with Crippen molar-refractivity contribution in [2.45, 2.75) is 43.9 Å². The second-order valence-electron chi connectivity index (χ2n) is 8.94. The minimum atomic E-state index is -4.68. The lowest BCUT2D eigenvalue weighted by molar-refractivity contribution is -0.137. The van der Waals surface area contributed by atoms with Gasteiger partial charge in [-0.3, -0.25) is 9.78 Å². The Kier molecular flexibility index (Phi) is 6.66. The van der Waals surface area contributed by atoms with Gasteiger partial charge in [-0.15, -0.1) is 5.10 Å². The van der Waals surface area contributed by atoms with E-state index in [-0.39, 0.29) is 17.8 Å². The third-order valence-electron chi connectivity index (χ3n) is 6.25. The third kappa shape index (κ3) is 5.48. The largest absolute Gasteiger partial charge is 0.419 e. The fraction of sp³-hybridized carbons (Fsp3) is 0.280. The average molecular weight is 511 g/mol. The van der Waals surface area contributed by atoms with Gasteiger partial charge >= 0.3 is 6.18 Å². The molecule has 0 bridgehead atoms. The predicted octanol–water partition coefficient (Wildman–Crippen LogP) is 4.82. The highest BCUT2D eigenvalue weighted by molar-refractivity contribution is 6.04. The Hall–Kier alpha value is -4.19. The first-order chi connectivity index (χ1) is 17.8. The minimum absolute atomic E-state index is 0.0228. The van der Waals surface area contributed by atoms with E-state index in [1.807, 2.05) is 30.3 Å². The summed E-state index contributed by atoms with van der Waals surface area (Å²) in [6.45, 7) is 0. The first-order valence-corrected chi connectivity index (χ1v) is 11.8. The number of rotatable bonds is 6. The number of fused-ring (bicyclic) bond motifs is 1. The standard InChI is InChI=1S/C25H25F3N8O/c26-25(27,28)18-13-30-11-10-19(18)34-24(37)21-14-31-23-20(32-16-4-2-1-3-5-16)12-22(35-36(21)23)33-17-8-6-15(29)7-9-17/h1-5,10-15,17,32H,6-9,29H2,(H,33,35)(H,30,34,37). The number of benzene rings is 1. The Morgan fingerprint density at radius 3 is 2.51 bits per heavy atom. The topological polar surface area (TPSA) is 122 Å². The molecule has 3 aromatic heterocycles. The molecule has 0 unspecified atom stereocenters. The van der Waals surface area contributed by atoms with E-state index in [9.17, 15) is 18.0 Å². The average Bonchev–Trinajstić information content (AvgIpc) is 3.30. The molecule has 1 saturated carbocycles. The number of imidazole rings is 1. The monoisotopic (exact) mass is 510 g/mol. The number of nitrogens with one attached hydrogen (secondary N) is 3. The Bertz CT molecular complexity index is 1400. The van der Waals surface area contributed by atoms with Gasteiger partial charge in [0, 0.05) is 36.2 Å². The van der Waals surface area contributed by atoms with E-state index < -0.39 is 23.3 Å². The molecular weight excluding hydrogens is 485 g/mol. The number of amides is 1. The number of halogens is 3. The van der Waals surface area contributed by atoms with E-state index in [0.29, 0.717) is 23.3 Å². The van der Waals surface area contributed by atoms with Gasteiger partial charge in [0.15, 0.2) is 11.3 Å². The zero-order valence-corrected chi connectivity index (χ0v) is 19.7. The summed E-state index contributed by atoms with van der Waals surface area (Å²) in [5.41, 5.74) is 6.28. The maximum absolute atomic E-state index is 13.4. The number of carbonyl (C=O) groups excluding carboxylic acids is 1. The molecule has 1 aliphatic carbocycles. The molecule has 9 nitrogen and oxygen atoms in total. The van der Waals surface area contributed by atoms with Crippen molar-refractivity contribution in [1.82, 2.24) is 19.6 Å². The molecule has 0 radical (unpaired) electrons. The molecule has 1 amide bonds. The number of aromatic nitrogens is 4. The van der Waals surface area contributed by atoms with Crippen LogP contribution < -0.4 is 21.7 Å². The van der Waals surface area contributed by atoms with E-state index in [2.05, 4.69) is 31.0 Å². The van der Waals surface area contributed by atoms with Crippen molar-refractivity contribution in [1.29, 1.82) is 0 Å². The van der Waals surface area contributed by atoms with E-state index in [1.54, 1.807) is 6.07 Å². The number of carbonyl (C=O) groups is 1. The first-order valence-electron chi connectivity index (χ1n) is 11.8. The maximum atomic E-state index is 13.4. The first kappa shape index (κ1) is 24.5. The van der Waals surface area contributed by atoms with Gasteiger partial charge in [0.25, 0.3) is 5.91 Å².